The van der Waals surface area contributed by atoms with Crippen LogP contribution in [0.3, 0.4) is 0 Å². The minimum atomic E-state index is 0.308. The zero-order valence-electron chi connectivity index (χ0n) is 14.4. The van der Waals surface area contributed by atoms with E-state index in [0.717, 1.165) is 29.4 Å². The zero-order chi connectivity index (χ0) is 15.9. The second-order valence-electron chi connectivity index (χ2n) is 7.34. The average molecular weight is 303 g/mol. The van der Waals surface area contributed by atoms with Gasteiger partial charge in [0.15, 0.2) is 0 Å². The van der Waals surface area contributed by atoms with E-state index in [2.05, 4.69) is 23.8 Å². The fourth-order valence-corrected chi connectivity index (χ4v) is 4.67. The van der Waals surface area contributed by atoms with Crippen LogP contribution < -0.4 is 0 Å². The number of nitrogens with zero attached hydrogens (tertiary/aromatic N) is 3. The molecule has 1 amide bonds. The Labute approximate surface area is 133 Å². The topological polar surface area (TPSA) is 38.1 Å². The maximum absolute atomic E-state index is 13.0. The van der Waals surface area contributed by atoms with E-state index >= 15 is 0 Å². The predicted molar refractivity (Wildman–Crippen MR) is 87.6 cm³/mol. The SMILES string of the molecule is Cc1nn(C)c(C)c1CC(=O)N1CCC[C@@H]2CCC[C@H](C)[C@@H]21. The van der Waals surface area contributed by atoms with Crippen molar-refractivity contribution in [2.75, 3.05) is 6.54 Å². The first-order valence-corrected chi connectivity index (χ1v) is 8.77. The number of amides is 1. The summed E-state index contributed by atoms with van der Waals surface area (Å²) in [5.74, 6) is 1.69. The van der Waals surface area contributed by atoms with Gasteiger partial charge in [0.25, 0.3) is 0 Å². The number of hydrogen-bond acceptors (Lipinski definition) is 2. The normalized spacial score (nSPS) is 28.5. The lowest BCUT2D eigenvalue weighted by atomic mass is 9.73. The van der Waals surface area contributed by atoms with E-state index in [9.17, 15) is 4.79 Å². The Morgan fingerprint density at radius 1 is 1.23 bits per heavy atom. The fraction of sp³-hybridized carbons (Fsp3) is 0.778. The molecule has 2 aliphatic rings. The molecule has 0 spiro atoms. The Morgan fingerprint density at radius 3 is 2.64 bits per heavy atom. The molecule has 1 saturated heterocycles. The number of aryl methyl sites for hydroxylation is 2. The lowest BCUT2D eigenvalue weighted by Gasteiger charge is -2.47. The first kappa shape index (κ1) is 15.6. The second kappa shape index (κ2) is 6.05. The molecule has 3 rings (SSSR count). The van der Waals surface area contributed by atoms with E-state index in [0.29, 0.717) is 24.3 Å². The second-order valence-corrected chi connectivity index (χ2v) is 7.34. The van der Waals surface area contributed by atoms with Crippen LogP contribution in [0.15, 0.2) is 0 Å². The third-order valence-corrected chi connectivity index (χ3v) is 5.94. The van der Waals surface area contributed by atoms with Gasteiger partial charge in [-0.05, 0) is 51.4 Å². The summed E-state index contributed by atoms with van der Waals surface area (Å²) in [6.45, 7) is 7.36. The number of fused-ring (bicyclic) bond motifs is 1. The molecule has 22 heavy (non-hydrogen) atoms. The van der Waals surface area contributed by atoms with Crippen LogP contribution in [0.1, 0.15) is 56.0 Å². The monoisotopic (exact) mass is 303 g/mol. The highest BCUT2D eigenvalue weighted by molar-refractivity contribution is 5.79. The van der Waals surface area contributed by atoms with E-state index in [1.165, 1.54) is 32.1 Å². The van der Waals surface area contributed by atoms with Crippen molar-refractivity contribution < 1.29 is 4.79 Å². The van der Waals surface area contributed by atoms with Crippen molar-refractivity contribution in [3.05, 3.63) is 17.0 Å². The van der Waals surface area contributed by atoms with Gasteiger partial charge in [-0.25, -0.2) is 0 Å². The number of carbonyl (C=O) groups excluding carboxylic acids is 1. The molecule has 4 heteroatoms. The summed E-state index contributed by atoms with van der Waals surface area (Å²) in [7, 11) is 1.95. The molecule has 1 aliphatic carbocycles. The smallest absolute Gasteiger partial charge is 0.227 e. The molecule has 0 aromatic carbocycles. The van der Waals surface area contributed by atoms with Crippen molar-refractivity contribution in [3.63, 3.8) is 0 Å². The molecule has 1 aliphatic heterocycles. The maximum Gasteiger partial charge on any atom is 0.227 e. The largest absolute Gasteiger partial charge is 0.339 e. The number of likely N-dealkylation sites (tertiary alicyclic amines) is 1. The fourth-order valence-electron chi connectivity index (χ4n) is 4.67. The van der Waals surface area contributed by atoms with Gasteiger partial charge in [-0.15, -0.1) is 0 Å². The Bertz CT molecular complexity index is 561. The highest BCUT2D eigenvalue weighted by atomic mass is 16.2. The van der Waals surface area contributed by atoms with Crippen molar-refractivity contribution in [2.45, 2.75) is 65.3 Å². The minimum absolute atomic E-state index is 0.308. The van der Waals surface area contributed by atoms with Crippen LogP contribution in [0.2, 0.25) is 0 Å². The lowest BCUT2D eigenvalue weighted by Crippen LogP contribution is -2.53. The van der Waals surface area contributed by atoms with E-state index in [4.69, 9.17) is 0 Å². The van der Waals surface area contributed by atoms with Gasteiger partial charge >= 0.3 is 0 Å². The van der Waals surface area contributed by atoms with Gasteiger partial charge in [0.2, 0.25) is 5.91 Å². The number of carbonyl (C=O) groups is 1. The van der Waals surface area contributed by atoms with Crippen molar-refractivity contribution in [1.29, 1.82) is 0 Å². The van der Waals surface area contributed by atoms with Crippen LogP contribution in [0.5, 0.6) is 0 Å². The quantitative estimate of drug-likeness (QED) is 0.842. The van der Waals surface area contributed by atoms with Crippen molar-refractivity contribution in [2.24, 2.45) is 18.9 Å². The molecular formula is C18H29N3O. The molecule has 0 radical (unpaired) electrons. The molecule has 0 bridgehead atoms. The standard InChI is InChI=1S/C18H29N3O/c1-12-7-5-8-15-9-6-10-21(18(12)15)17(22)11-16-13(2)19-20(4)14(16)3/h12,15,18H,5-11H2,1-4H3/t12-,15-,18-/m0/s1. The summed E-state index contributed by atoms with van der Waals surface area (Å²) in [5.41, 5.74) is 3.24. The minimum Gasteiger partial charge on any atom is -0.339 e. The third kappa shape index (κ3) is 2.68. The van der Waals surface area contributed by atoms with Crippen LogP contribution in [-0.2, 0) is 18.3 Å². The van der Waals surface area contributed by atoms with Crippen molar-refractivity contribution in [1.82, 2.24) is 14.7 Å². The first-order chi connectivity index (χ1) is 10.5. The molecule has 4 nitrogen and oxygen atoms in total. The number of aromatic nitrogens is 2. The molecule has 3 atom stereocenters. The molecule has 1 aromatic rings. The average Bonchev–Trinajstić information content (AvgIpc) is 2.73. The molecule has 0 unspecified atom stereocenters. The number of rotatable bonds is 2. The molecule has 1 saturated carbocycles. The van der Waals surface area contributed by atoms with E-state index in [1.54, 1.807) is 0 Å². The molecular weight excluding hydrogens is 274 g/mol. The number of piperidine rings is 1. The molecule has 122 valence electrons. The van der Waals surface area contributed by atoms with Gasteiger partial charge in [0.1, 0.15) is 0 Å². The Balaban J connectivity index is 1.78. The Hall–Kier alpha value is -1.32. The molecule has 1 aromatic heterocycles. The van der Waals surface area contributed by atoms with Gasteiger partial charge < -0.3 is 4.90 Å². The van der Waals surface area contributed by atoms with Crippen molar-refractivity contribution >= 4 is 5.91 Å². The number of hydrogen-bond donors (Lipinski definition) is 0. The highest BCUT2D eigenvalue weighted by Crippen LogP contribution is 2.38. The summed E-state index contributed by atoms with van der Waals surface area (Å²) in [5, 5.41) is 4.45. The maximum atomic E-state index is 13.0. The summed E-state index contributed by atoms with van der Waals surface area (Å²) in [6, 6.07) is 0.479. The van der Waals surface area contributed by atoms with Gasteiger partial charge in [-0.1, -0.05) is 13.3 Å². The molecule has 2 fully saturated rings. The van der Waals surface area contributed by atoms with Crippen LogP contribution in [-0.4, -0.2) is 33.2 Å². The summed E-state index contributed by atoms with van der Waals surface area (Å²) in [6.07, 6.45) is 6.92. The first-order valence-electron chi connectivity index (χ1n) is 8.77. The lowest BCUT2D eigenvalue weighted by molar-refractivity contribution is -0.138. The van der Waals surface area contributed by atoms with E-state index in [-0.39, 0.29) is 0 Å². The Kier molecular flexibility index (Phi) is 4.28. The van der Waals surface area contributed by atoms with E-state index < -0.39 is 0 Å². The van der Waals surface area contributed by atoms with Gasteiger partial charge in [-0.3, -0.25) is 9.48 Å². The summed E-state index contributed by atoms with van der Waals surface area (Å²) < 4.78 is 1.89. The van der Waals surface area contributed by atoms with Crippen molar-refractivity contribution in [3.8, 4) is 0 Å². The van der Waals surface area contributed by atoms with Crippen LogP contribution in [0.4, 0.5) is 0 Å². The van der Waals surface area contributed by atoms with Crippen LogP contribution in [0, 0.1) is 25.7 Å². The van der Waals surface area contributed by atoms with Gasteiger partial charge in [0, 0.05) is 30.9 Å². The predicted octanol–water partition coefficient (Wildman–Crippen LogP) is 3.01. The summed E-state index contributed by atoms with van der Waals surface area (Å²) >= 11 is 0. The van der Waals surface area contributed by atoms with E-state index in [1.807, 2.05) is 18.7 Å². The van der Waals surface area contributed by atoms with Crippen LogP contribution >= 0.6 is 0 Å². The molecule has 2 heterocycles. The Morgan fingerprint density at radius 2 is 1.95 bits per heavy atom. The van der Waals surface area contributed by atoms with Gasteiger partial charge in [-0.2, -0.15) is 5.10 Å². The zero-order valence-corrected chi connectivity index (χ0v) is 14.4. The molecule has 0 N–H and O–H groups in total. The third-order valence-electron chi connectivity index (χ3n) is 5.94. The van der Waals surface area contributed by atoms with Crippen LogP contribution in [0.25, 0.3) is 0 Å². The highest BCUT2D eigenvalue weighted by Gasteiger charge is 2.39. The summed E-state index contributed by atoms with van der Waals surface area (Å²) in [4.78, 5) is 15.2. The van der Waals surface area contributed by atoms with Gasteiger partial charge in [0.05, 0.1) is 12.1 Å².